The summed E-state index contributed by atoms with van der Waals surface area (Å²) in [5, 5.41) is 7.12. The highest BCUT2D eigenvalue weighted by Gasteiger charge is 2.27. The van der Waals surface area contributed by atoms with Crippen LogP contribution in [-0.4, -0.2) is 47.7 Å². The maximum Gasteiger partial charge on any atom is 0.242 e. The Bertz CT molecular complexity index is 520. The van der Waals surface area contributed by atoms with E-state index in [1.165, 1.54) is 5.57 Å². The number of aromatic nitrogens is 2. The van der Waals surface area contributed by atoms with Crippen LogP contribution in [0.4, 0.5) is 0 Å². The molecular formula is C16H25N3O3. The first-order valence-corrected chi connectivity index (χ1v) is 7.66. The van der Waals surface area contributed by atoms with Gasteiger partial charge in [0.05, 0.1) is 25.4 Å². The molecule has 0 aliphatic carbocycles. The average molecular weight is 307 g/mol. The summed E-state index contributed by atoms with van der Waals surface area (Å²) >= 11 is 0. The summed E-state index contributed by atoms with van der Waals surface area (Å²) in [7, 11) is 0. The number of rotatable bonds is 6. The number of hydrogen-bond acceptors (Lipinski definition) is 4. The van der Waals surface area contributed by atoms with Crippen LogP contribution in [0.5, 0.6) is 0 Å². The number of aryl methyl sites for hydroxylation is 1. The van der Waals surface area contributed by atoms with Crippen molar-refractivity contribution < 1.29 is 14.3 Å². The lowest BCUT2D eigenvalue weighted by molar-refractivity contribution is -0.126. The van der Waals surface area contributed by atoms with Crippen LogP contribution in [0.15, 0.2) is 23.9 Å². The van der Waals surface area contributed by atoms with Gasteiger partial charge in [-0.15, -0.1) is 0 Å². The SMILES string of the molecule is CC(C)=CCO[C@H]1CCOC[C@H]1NC(=O)Cn1nccc1C. The molecular weight excluding hydrogens is 282 g/mol. The molecule has 2 rings (SSSR count). The molecule has 0 bridgehead atoms. The van der Waals surface area contributed by atoms with Crippen LogP contribution in [0.25, 0.3) is 0 Å². The molecule has 0 radical (unpaired) electrons. The van der Waals surface area contributed by atoms with Crippen molar-refractivity contribution in [2.45, 2.75) is 45.9 Å². The van der Waals surface area contributed by atoms with Gasteiger partial charge in [-0.05, 0) is 33.3 Å². The number of carbonyl (C=O) groups is 1. The van der Waals surface area contributed by atoms with Crippen LogP contribution in [0.2, 0.25) is 0 Å². The van der Waals surface area contributed by atoms with Gasteiger partial charge in [0.1, 0.15) is 6.54 Å². The molecule has 2 atom stereocenters. The Morgan fingerprint density at radius 1 is 1.59 bits per heavy atom. The van der Waals surface area contributed by atoms with Gasteiger partial charge in [-0.25, -0.2) is 0 Å². The first kappa shape index (κ1) is 16.7. The molecule has 0 spiro atoms. The lowest BCUT2D eigenvalue weighted by Gasteiger charge is -2.31. The number of amides is 1. The molecule has 6 heteroatoms. The average Bonchev–Trinajstić information content (AvgIpc) is 2.85. The third kappa shape index (κ3) is 4.96. The molecule has 1 saturated heterocycles. The van der Waals surface area contributed by atoms with E-state index in [2.05, 4.69) is 10.4 Å². The minimum absolute atomic E-state index is 0.00739. The fourth-order valence-electron chi connectivity index (χ4n) is 2.34. The van der Waals surface area contributed by atoms with Gasteiger partial charge in [0, 0.05) is 18.5 Å². The predicted octanol–water partition coefficient (Wildman–Crippen LogP) is 1.45. The second-order valence-corrected chi connectivity index (χ2v) is 5.82. The highest BCUT2D eigenvalue weighted by Crippen LogP contribution is 2.12. The van der Waals surface area contributed by atoms with E-state index in [0.717, 1.165) is 12.1 Å². The second-order valence-electron chi connectivity index (χ2n) is 5.82. The van der Waals surface area contributed by atoms with E-state index < -0.39 is 0 Å². The van der Waals surface area contributed by atoms with Crippen molar-refractivity contribution >= 4 is 5.91 Å². The summed E-state index contributed by atoms with van der Waals surface area (Å²) in [6.45, 7) is 7.95. The number of allylic oxidation sites excluding steroid dienone is 1. The van der Waals surface area contributed by atoms with Crippen LogP contribution in [0.1, 0.15) is 26.0 Å². The summed E-state index contributed by atoms with van der Waals surface area (Å²) in [5.74, 6) is -0.0712. The first-order chi connectivity index (χ1) is 10.6. The lowest BCUT2D eigenvalue weighted by atomic mass is 10.1. The van der Waals surface area contributed by atoms with Gasteiger partial charge in [-0.3, -0.25) is 9.48 Å². The molecule has 1 aliphatic rings. The zero-order chi connectivity index (χ0) is 15.9. The van der Waals surface area contributed by atoms with Crippen molar-refractivity contribution in [2.24, 2.45) is 0 Å². The van der Waals surface area contributed by atoms with E-state index in [9.17, 15) is 4.79 Å². The van der Waals surface area contributed by atoms with Gasteiger partial charge < -0.3 is 14.8 Å². The molecule has 2 heterocycles. The second kappa shape index (κ2) is 8.10. The fraction of sp³-hybridized carbons (Fsp3) is 0.625. The van der Waals surface area contributed by atoms with E-state index in [1.54, 1.807) is 10.9 Å². The third-order valence-electron chi connectivity index (χ3n) is 3.66. The van der Waals surface area contributed by atoms with Crippen molar-refractivity contribution in [3.63, 3.8) is 0 Å². The Kier molecular flexibility index (Phi) is 6.15. The van der Waals surface area contributed by atoms with Crippen LogP contribution in [-0.2, 0) is 20.8 Å². The number of ether oxygens (including phenoxy) is 2. The van der Waals surface area contributed by atoms with Crippen molar-refractivity contribution in [2.75, 3.05) is 19.8 Å². The number of hydrogen-bond donors (Lipinski definition) is 1. The maximum atomic E-state index is 12.2. The van der Waals surface area contributed by atoms with Gasteiger partial charge in [-0.1, -0.05) is 11.6 Å². The molecule has 22 heavy (non-hydrogen) atoms. The Morgan fingerprint density at radius 2 is 2.41 bits per heavy atom. The number of nitrogens with zero attached hydrogens (tertiary/aromatic N) is 2. The summed E-state index contributed by atoms with van der Waals surface area (Å²) in [6.07, 6.45) is 4.52. The summed E-state index contributed by atoms with van der Waals surface area (Å²) in [6, 6.07) is 1.77. The Balaban J connectivity index is 1.86. The predicted molar refractivity (Wildman–Crippen MR) is 83.5 cm³/mol. The molecule has 0 saturated carbocycles. The molecule has 0 unspecified atom stereocenters. The highest BCUT2D eigenvalue weighted by atomic mass is 16.5. The van der Waals surface area contributed by atoms with E-state index in [1.807, 2.05) is 32.9 Å². The Hall–Kier alpha value is -1.66. The first-order valence-electron chi connectivity index (χ1n) is 7.66. The Morgan fingerprint density at radius 3 is 3.09 bits per heavy atom. The Labute approximate surface area is 131 Å². The molecule has 1 aromatic rings. The zero-order valence-electron chi connectivity index (χ0n) is 13.5. The normalized spacial score (nSPS) is 21.4. The fourth-order valence-corrected chi connectivity index (χ4v) is 2.34. The van der Waals surface area contributed by atoms with E-state index in [-0.39, 0.29) is 24.6 Å². The van der Waals surface area contributed by atoms with Crippen molar-refractivity contribution in [1.29, 1.82) is 0 Å². The summed E-state index contributed by atoms with van der Waals surface area (Å²) in [4.78, 5) is 12.2. The third-order valence-corrected chi connectivity index (χ3v) is 3.66. The monoisotopic (exact) mass is 307 g/mol. The molecule has 1 fully saturated rings. The highest BCUT2D eigenvalue weighted by molar-refractivity contribution is 5.76. The van der Waals surface area contributed by atoms with Crippen molar-refractivity contribution in [3.05, 3.63) is 29.6 Å². The molecule has 1 aliphatic heterocycles. The van der Waals surface area contributed by atoms with E-state index in [0.29, 0.717) is 19.8 Å². The minimum Gasteiger partial charge on any atom is -0.379 e. The standard InChI is InChI=1S/C16H25N3O3/c1-12(2)5-9-22-15-6-8-21-11-14(15)18-16(20)10-19-13(3)4-7-17-19/h4-5,7,14-15H,6,8-11H2,1-3H3,(H,18,20)/t14-,15+/m1/s1. The van der Waals surface area contributed by atoms with Gasteiger partial charge in [0.15, 0.2) is 0 Å². The topological polar surface area (TPSA) is 65.4 Å². The minimum atomic E-state index is -0.109. The van der Waals surface area contributed by atoms with Gasteiger partial charge in [0.25, 0.3) is 0 Å². The van der Waals surface area contributed by atoms with Crippen LogP contribution >= 0.6 is 0 Å². The van der Waals surface area contributed by atoms with Crippen LogP contribution in [0, 0.1) is 6.92 Å². The smallest absolute Gasteiger partial charge is 0.242 e. The van der Waals surface area contributed by atoms with E-state index >= 15 is 0 Å². The van der Waals surface area contributed by atoms with Gasteiger partial charge in [0.2, 0.25) is 5.91 Å². The van der Waals surface area contributed by atoms with Crippen molar-refractivity contribution in [1.82, 2.24) is 15.1 Å². The molecule has 122 valence electrons. The quantitative estimate of drug-likeness (QED) is 0.808. The molecule has 1 N–H and O–H groups in total. The molecule has 0 aromatic carbocycles. The van der Waals surface area contributed by atoms with Gasteiger partial charge >= 0.3 is 0 Å². The zero-order valence-corrected chi connectivity index (χ0v) is 13.5. The summed E-state index contributed by atoms with van der Waals surface area (Å²) < 4.78 is 13.0. The number of carbonyl (C=O) groups excluding carboxylic acids is 1. The lowest BCUT2D eigenvalue weighted by Crippen LogP contribution is -2.51. The molecule has 1 amide bonds. The largest absolute Gasteiger partial charge is 0.379 e. The van der Waals surface area contributed by atoms with Gasteiger partial charge in [-0.2, -0.15) is 5.10 Å². The maximum absolute atomic E-state index is 12.2. The molecule has 1 aromatic heterocycles. The van der Waals surface area contributed by atoms with Crippen molar-refractivity contribution in [3.8, 4) is 0 Å². The summed E-state index contributed by atoms with van der Waals surface area (Å²) in [5.41, 5.74) is 2.19. The number of nitrogens with one attached hydrogen (secondary N) is 1. The van der Waals surface area contributed by atoms with E-state index in [4.69, 9.17) is 9.47 Å². The molecule has 6 nitrogen and oxygen atoms in total. The van der Waals surface area contributed by atoms with Crippen LogP contribution < -0.4 is 5.32 Å². The van der Waals surface area contributed by atoms with Crippen LogP contribution in [0.3, 0.4) is 0 Å².